The molecule has 0 bridgehead atoms. The van der Waals surface area contributed by atoms with E-state index in [2.05, 4.69) is 45.3 Å². The molecule has 0 aromatic heterocycles. The Balaban J connectivity index is 1.70. The molecular formula is C41H55FN2O5Si. The van der Waals surface area contributed by atoms with Crippen molar-refractivity contribution in [2.24, 2.45) is 0 Å². The molecular weight excluding hydrogens is 648 g/mol. The fourth-order valence-electron chi connectivity index (χ4n) is 5.91. The van der Waals surface area contributed by atoms with Crippen LogP contribution in [0.4, 0.5) is 9.18 Å². The predicted octanol–water partition coefficient (Wildman–Crippen LogP) is 9.40. The molecule has 1 heterocycles. The number of ether oxygens (including phenoxy) is 2. The van der Waals surface area contributed by atoms with E-state index in [0.29, 0.717) is 30.7 Å². The minimum Gasteiger partial charge on any atom is -0.444 e. The van der Waals surface area contributed by atoms with Crippen LogP contribution in [0.1, 0.15) is 81.4 Å². The number of hydrogen-bond donors (Lipinski definition) is 1. The first-order chi connectivity index (χ1) is 23.4. The van der Waals surface area contributed by atoms with E-state index in [9.17, 15) is 9.59 Å². The summed E-state index contributed by atoms with van der Waals surface area (Å²) in [6, 6.07) is 20.1. The molecule has 1 fully saturated rings. The van der Waals surface area contributed by atoms with Crippen LogP contribution in [0.5, 0.6) is 0 Å². The number of allylic oxidation sites excluding steroid dienone is 1. The van der Waals surface area contributed by atoms with E-state index in [1.54, 1.807) is 24.1 Å². The van der Waals surface area contributed by atoms with Crippen LogP contribution < -0.4 is 5.32 Å². The number of benzene rings is 3. The van der Waals surface area contributed by atoms with E-state index < -0.39 is 32.2 Å². The number of methoxy groups -OCH3 is 1. The van der Waals surface area contributed by atoms with Gasteiger partial charge in [-0.25, -0.2) is 9.18 Å². The average Bonchev–Trinajstić information content (AvgIpc) is 3.40. The summed E-state index contributed by atoms with van der Waals surface area (Å²) in [5.41, 5.74) is 4.60. The Hall–Kier alpha value is -3.79. The summed E-state index contributed by atoms with van der Waals surface area (Å²) in [6.45, 7) is 19.5. The molecule has 0 saturated carbocycles. The molecule has 1 saturated heterocycles. The monoisotopic (exact) mass is 702 g/mol. The van der Waals surface area contributed by atoms with Crippen molar-refractivity contribution in [1.29, 1.82) is 0 Å². The number of carbonyl (C=O) groups excluding carboxylic acids is 2. The van der Waals surface area contributed by atoms with Crippen molar-refractivity contribution in [3.63, 3.8) is 0 Å². The van der Waals surface area contributed by atoms with Crippen LogP contribution in [0.25, 0.3) is 16.7 Å². The van der Waals surface area contributed by atoms with E-state index in [1.807, 2.05) is 76.2 Å². The number of amides is 2. The highest BCUT2D eigenvalue weighted by Crippen LogP contribution is 2.39. The van der Waals surface area contributed by atoms with Crippen molar-refractivity contribution in [1.82, 2.24) is 10.2 Å². The summed E-state index contributed by atoms with van der Waals surface area (Å²) in [5.74, 6) is -0.474. The van der Waals surface area contributed by atoms with E-state index in [4.69, 9.17) is 13.9 Å². The molecule has 3 aromatic rings. The zero-order valence-corrected chi connectivity index (χ0v) is 32.5. The lowest BCUT2D eigenvalue weighted by molar-refractivity contribution is 0.0466. The highest BCUT2D eigenvalue weighted by atomic mass is 28.4. The molecule has 0 radical (unpaired) electrons. The summed E-state index contributed by atoms with van der Waals surface area (Å²) < 4.78 is 33.4. The van der Waals surface area contributed by atoms with Crippen molar-refractivity contribution in [3.05, 3.63) is 101 Å². The van der Waals surface area contributed by atoms with Gasteiger partial charge in [-0.1, -0.05) is 80.9 Å². The molecule has 0 unspecified atom stereocenters. The van der Waals surface area contributed by atoms with Gasteiger partial charge in [0.25, 0.3) is 5.91 Å². The largest absolute Gasteiger partial charge is 0.444 e. The third-order valence-electron chi connectivity index (χ3n) is 9.44. The molecule has 1 N–H and O–H groups in total. The zero-order chi connectivity index (χ0) is 36.9. The fourth-order valence-corrected chi connectivity index (χ4v) is 7.26. The van der Waals surface area contributed by atoms with Gasteiger partial charge in [0.15, 0.2) is 8.32 Å². The summed E-state index contributed by atoms with van der Waals surface area (Å²) in [6.07, 6.45) is 2.68. The number of unbranched alkanes of at least 4 members (excludes halogenated alkanes) is 1. The van der Waals surface area contributed by atoms with Gasteiger partial charge in [0.05, 0.1) is 12.1 Å². The molecule has 50 heavy (non-hydrogen) atoms. The molecule has 2 amide bonds. The predicted molar refractivity (Wildman–Crippen MR) is 202 cm³/mol. The molecule has 270 valence electrons. The second kappa shape index (κ2) is 16.0. The second-order valence-corrected chi connectivity index (χ2v) is 20.5. The van der Waals surface area contributed by atoms with Crippen LogP contribution in [0.3, 0.4) is 0 Å². The Morgan fingerprint density at radius 1 is 0.960 bits per heavy atom. The maximum absolute atomic E-state index is 15.7. The van der Waals surface area contributed by atoms with E-state index >= 15 is 4.39 Å². The van der Waals surface area contributed by atoms with Crippen molar-refractivity contribution in [2.75, 3.05) is 26.8 Å². The summed E-state index contributed by atoms with van der Waals surface area (Å²) in [4.78, 5) is 28.9. The first-order valence-electron chi connectivity index (χ1n) is 17.5. The van der Waals surface area contributed by atoms with Crippen molar-refractivity contribution >= 4 is 25.9 Å². The quantitative estimate of drug-likeness (QED) is 0.159. The SMILES string of the molecule is COCCCC=C(c1cccc(C(=O)N2C[C@H](O[Si](C)(C)C(C)(C)C)[C@H](NC(=O)OC(C)(C)C)C2)c1)c1cccc(F)c1-c1cccc(C)c1. The molecule has 9 heteroatoms. The molecule has 0 aliphatic carbocycles. The third-order valence-corrected chi connectivity index (χ3v) is 13.9. The highest BCUT2D eigenvalue weighted by molar-refractivity contribution is 6.74. The molecule has 2 atom stereocenters. The lowest BCUT2D eigenvalue weighted by Crippen LogP contribution is -2.51. The first kappa shape index (κ1) is 39.0. The van der Waals surface area contributed by atoms with Crippen molar-refractivity contribution in [3.8, 4) is 11.1 Å². The Bertz CT molecular complexity index is 1690. The number of halogens is 1. The molecule has 7 nitrogen and oxygen atoms in total. The van der Waals surface area contributed by atoms with Crippen LogP contribution in [0.2, 0.25) is 18.1 Å². The first-order valence-corrected chi connectivity index (χ1v) is 20.4. The lowest BCUT2D eigenvalue weighted by atomic mass is 9.88. The van der Waals surface area contributed by atoms with Gasteiger partial charge < -0.3 is 24.1 Å². The smallest absolute Gasteiger partial charge is 0.408 e. The highest BCUT2D eigenvalue weighted by Gasteiger charge is 2.45. The molecule has 0 spiro atoms. The second-order valence-electron chi connectivity index (χ2n) is 15.7. The van der Waals surface area contributed by atoms with Crippen LogP contribution in [0.15, 0.2) is 72.8 Å². The molecule has 1 aliphatic heterocycles. The number of alkyl carbamates (subject to hydrolysis) is 1. The maximum Gasteiger partial charge on any atom is 0.408 e. The Morgan fingerprint density at radius 3 is 2.30 bits per heavy atom. The number of aryl methyl sites for hydroxylation is 1. The Labute approximate surface area is 299 Å². The van der Waals surface area contributed by atoms with Gasteiger partial charge >= 0.3 is 6.09 Å². The van der Waals surface area contributed by atoms with Gasteiger partial charge in [-0.3, -0.25) is 4.79 Å². The van der Waals surface area contributed by atoms with Crippen molar-refractivity contribution < 1.29 is 27.9 Å². The van der Waals surface area contributed by atoms with E-state index in [-0.39, 0.29) is 23.3 Å². The van der Waals surface area contributed by atoms with E-state index in [0.717, 1.165) is 34.2 Å². The van der Waals surface area contributed by atoms with Gasteiger partial charge in [0.1, 0.15) is 11.4 Å². The van der Waals surface area contributed by atoms with Gasteiger partial charge in [0, 0.05) is 37.9 Å². The van der Waals surface area contributed by atoms with Crippen LogP contribution in [0, 0.1) is 12.7 Å². The van der Waals surface area contributed by atoms with Gasteiger partial charge in [-0.05, 0) is 99.1 Å². The number of nitrogens with zero attached hydrogens (tertiary/aromatic N) is 1. The maximum atomic E-state index is 15.7. The number of likely N-dealkylation sites (tertiary alicyclic amines) is 1. The molecule has 1 aliphatic rings. The topological polar surface area (TPSA) is 77.1 Å². The molecule has 4 rings (SSSR count). The average molecular weight is 703 g/mol. The third kappa shape index (κ3) is 9.92. The van der Waals surface area contributed by atoms with Gasteiger partial charge in [-0.2, -0.15) is 0 Å². The zero-order valence-electron chi connectivity index (χ0n) is 31.5. The van der Waals surface area contributed by atoms with Gasteiger partial charge in [-0.15, -0.1) is 0 Å². The number of rotatable bonds is 11. The number of nitrogens with one attached hydrogen (secondary N) is 1. The van der Waals surface area contributed by atoms with Crippen LogP contribution in [-0.4, -0.2) is 69.8 Å². The lowest BCUT2D eigenvalue weighted by Gasteiger charge is -2.39. The fraction of sp³-hybridized carbons (Fsp3) is 0.463. The van der Waals surface area contributed by atoms with Crippen molar-refractivity contribution in [2.45, 2.75) is 97.2 Å². The Kier molecular flexibility index (Phi) is 12.5. The number of carbonyl (C=O) groups is 2. The van der Waals surface area contributed by atoms with Crippen LogP contribution in [-0.2, 0) is 13.9 Å². The normalized spacial score (nSPS) is 17.2. The van der Waals surface area contributed by atoms with E-state index in [1.165, 1.54) is 6.07 Å². The molecule has 3 aromatic carbocycles. The Morgan fingerprint density at radius 2 is 1.64 bits per heavy atom. The minimum atomic E-state index is -2.25. The van der Waals surface area contributed by atoms with Gasteiger partial charge in [0.2, 0.25) is 0 Å². The minimum absolute atomic E-state index is 0.0601. The van der Waals surface area contributed by atoms with Crippen LogP contribution >= 0.6 is 0 Å². The summed E-state index contributed by atoms with van der Waals surface area (Å²) in [7, 11) is -0.576. The number of hydrogen-bond acceptors (Lipinski definition) is 5. The summed E-state index contributed by atoms with van der Waals surface area (Å²) in [5, 5.41) is 2.94. The standard InChI is InChI=1S/C41H55FN2O5Si/c1-28-16-13-18-30(24-28)37-33(21-15-22-34(37)42)32(20-11-12-23-47-8)29-17-14-19-31(25-29)38(45)44-26-35(43-39(46)48-40(2,3)4)36(27-44)49-50(9,10)41(5,6)7/h13-22,24-25,35-36H,11-12,23,26-27H2,1-10H3,(H,43,46)/t35-,36+/m1/s1. The summed E-state index contributed by atoms with van der Waals surface area (Å²) >= 11 is 0.